The summed E-state index contributed by atoms with van der Waals surface area (Å²) >= 11 is 0. The first-order valence-corrected chi connectivity index (χ1v) is 9.63. The van der Waals surface area contributed by atoms with Crippen LogP contribution in [0.3, 0.4) is 0 Å². The summed E-state index contributed by atoms with van der Waals surface area (Å²) in [5.41, 5.74) is 7.90. The minimum Gasteiger partial charge on any atom is -0.421 e. The van der Waals surface area contributed by atoms with Crippen molar-refractivity contribution < 1.29 is 4.42 Å². The topological polar surface area (TPSA) is 68.2 Å². The molecule has 2 aliphatic rings. The van der Waals surface area contributed by atoms with E-state index in [2.05, 4.69) is 39.4 Å². The van der Waals surface area contributed by atoms with E-state index < -0.39 is 0 Å². The van der Waals surface area contributed by atoms with E-state index in [4.69, 9.17) is 10.2 Å². The maximum absolute atomic E-state index is 5.63. The number of hydrogen-bond acceptors (Lipinski definition) is 5. The van der Waals surface area contributed by atoms with Gasteiger partial charge in [0.15, 0.2) is 0 Å². The molecule has 25 heavy (non-hydrogen) atoms. The van der Waals surface area contributed by atoms with Crippen LogP contribution in [-0.2, 0) is 0 Å². The van der Waals surface area contributed by atoms with Crippen LogP contribution in [0.25, 0.3) is 11.5 Å². The second kappa shape index (κ2) is 8.99. The molecule has 5 nitrogen and oxygen atoms in total. The third-order valence-corrected chi connectivity index (χ3v) is 5.01. The highest BCUT2D eigenvalue weighted by molar-refractivity contribution is 5.59. The number of benzene rings is 1. The Bertz CT molecular complexity index is 625. The number of anilines is 1. The smallest absolute Gasteiger partial charge is 0.247 e. The van der Waals surface area contributed by atoms with Gasteiger partial charge in [0.1, 0.15) is 0 Å². The molecule has 1 aromatic carbocycles. The second-order valence-electron chi connectivity index (χ2n) is 7.12. The summed E-state index contributed by atoms with van der Waals surface area (Å²) in [7, 11) is 0. The molecule has 1 saturated carbocycles. The number of nitrogens with two attached hydrogens (primary N) is 1. The highest BCUT2D eigenvalue weighted by atomic mass is 16.4. The minimum atomic E-state index is 0.536. The Morgan fingerprint density at radius 1 is 0.920 bits per heavy atom. The molecule has 2 aromatic rings. The lowest BCUT2D eigenvalue weighted by Crippen LogP contribution is -2.29. The van der Waals surface area contributed by atoms with Crippen molar-refractivity contribution in [2.75, 3.05) is 18.0 Å². The molecule has 2 heterocycles. The number of piperidine rings is 1. The molecule has 1 aliphatic carbocycles. The Balaban J connectivity index is 0.000000219. The standard InChI is InChI=1S/C14H17N3O.C6H13N/c1-11-15-16-14(18-11)12-5-7-13(8-6-12)17-9-3-2-4-10-17;7-6-4-2-1-3-5-6/h5-8H,2-4,9-10H2,1H3;6H,1-5,7H2. The van der Waals surface area contributed by atoms with Crippen LogP contribution in [0.15, 0.2) is 28.7 Å². The van der Waals surface area contributed by atoms with E-state index in [1.54, 1.807) is 6.92 Å². The van der Waals surface area contributed by atoms with Crippen molar-refractivity contribution in [3.63, 3.8) is 0 Å². The molecule has 2 fully saturated rings. The lowest BCUT2D eigenvalue weighted by atomic mass is 9.97. The van der Waals surface area contributed by atoms with Gasteiger partial charge >= 0.3 is 0 Å². The number of hydrogen-bond donors (Lipinski definition) is 1. The summed E-state index contributed by atoms with van der Waals surface area (Å²) in [5.74, 6) is 1.20. The van der Waals surface area contributed by atoms with E-state index in [-0.39, 0.29) is 0 Å². The molecule has 1 aliphatic heterocycles. The van der Waals surface area contributed by atoms with Gasteiger partial charge in [-0.05, 0) is 56.4 Å². The lowest BCUT2D eigenvalue weighted by molar-refractivity contribution is 0.441. The van der Waals surface area contributed by atoms with Gasteiger partial charge in [0, 0.05) is 37.3 Å². The van der Waals surface area contributed by atoms with E-state index in [0.717, 1.165) is 5.56 Å². The number of rotatable bonds is 2. The summed E-state index contributed by atoms with van der Waals surface area (Å²) in [6.07, 6.45) is 10.6. The van der Waals surface area contributed by atoms with Crippen LogP contribution in [0, 0.1) is 6.92 Å². The third-order valence-electron chi connectivity index (χ3n) is 5.01. The molecule has 136 valence electrons. The lowest BCUT2D eigenvalue weighted by Gasteiger charge is -2.28. The molecule has 0 amide bonds. The summed E-state index contributed by atoms with van der Waals surface area (Å²) in [6, 6.07) is 8.92. The van der Waals surface area contributed by atoms with Crippen molar-refractivity contribution in [3.05, 3.63) is 30.2 Å². The largest absolute Gasteiger partial charge is 0.421 e. The number of aryl methyl sites for hydroxylation is 1. The fourth-order valence-corrected chi connectivity index (χ4v) is 3.51. The van der Waals surface area contributed by atoms with Crippen LogP contribution in [0.2, 0.25) is 0 Å². The Kier molecular flexibility index (Phi) is 6.45. The first kappa shape index (κ1) is 17.9. The van der Waals surface area contributed by atoms with E-state index in [1.165, 1.54) is 70.1 Å². The van der Waals surface area contributed by atoms with Crippen LogP contribution in [0.1, 0.15) is 57.3 Å². The quantitative estimate of drug-likeness (QED) is 0.880. The average Bonchev–Trinajstić information content (AvgIpc) is 3.10. The molecule has 5 heteroatoms. The van der Waals surface area contributed by atoms with Gasteiger partial charge in [-0.3, -0.25) is 0 Å². The van der Waals surface area contributed by atoms with Gasteiger partial charge in [-0.15, -0.1) is 10.2 Å². The highest BCUT2D eigenvalue weighted by Crippen LogP contribution is 2.24. The van der Waals surface area contributed by atoms with E-state index in [1.807, 2.05) is 0 Å². The van der Waals surface area contributed by atoms with E-state index in [9.17, 15) is 0 Å². The fraction of sp³-hybridized carbons (Fsp3) is 0.600. The van der Waals surface area contributed by atoms with Gasteiger partial charge in [0.05, 0.1) is 0 Å². The van der Waals surface area contributed by atoms with Crippen molar-refractivity contribution in [1.82, 2.24) is 10.2 Å². The van der Waals surface area contributed by atoms with Gasteiger partial charge < -0.3 is 15.1 Å². The molecule has 4 rings (SSSR count). The van der Waals surface area contributed by atoms with Crippen LogP contribution in [0.4, 0.5) is 5.69 Å². The zero-order chi connectivity index (χ0) is 17.5. The maximum atomic E-state index is 5.63. The third kappa shape index (κ3) is 5.30. The van der Waals surface area contributed by atoms with Gasteiger partial charge in [-0.1, -0.05) is 19.3 Å². The van der Waals surface area contributed by atoms with Gasteiger partial charge in [0.25, 0.3) is 0 Å². The van der Waals surface area contributed by atoms with Crippen molar-refractivity contribution in [1.29, 1.82) is 0 Å². The summed E-state index contributed by atoms with van der Waals surface area (Å²) in [5, 5.41) is 7.88. The molecule has 0 atom stereocenters. The van der Waals surface area contributed by atoms with Crippen LogP contribution in [0.5, 0.6) is 0 Å². The predicted octanol–water partition coefficient (Wildman–Crippen LogP) is 4.31. The first-order chi connectivity index (χ1) is 12.2. The average molecular weight is 342 g/mol. The zero-order valence-electron chi connectivity index (χ0n) is 15.3. The van der Waals surface area contributed by atoms with Gasteiger partial charge in [-0.25, -0.2) is 0 Å². The minimum absolute atomic E-state index is 0.536. The maximum Gasteiger partial charge on any atom is 0.247 e. The van der Waals surface area contributed by atoms with E-state index in [0.29, 0.717) is 17.8 Å². The summed E-state index contributed by atoms with van der Waals surface area (Å²) in [4.78, 5) is 2.44. The van der Waals surface area contributed by atoms with Crippen molar-refractivity contribution in [2.45, 2.75) is 64.3 Å². The molecular formula is C20H30N4O. The molecule has 1 aromatic heterocycles. The van der Waals surface area contributed by atoms with E-state index >= 15 is 0 Å². The zero-order valence-corrected chi connectivity index (χ0v) is 15.3. The fourth-order valence-electron chi connectivity index (χ4n) is 3.51. The number of nitrogens with zero attached hydrogens (tertiary/aromatic N) is 3. The molecule has 2 N–H and O–H groups in total. The Hall–Kier alpha value is -1.88. The van der Waals surface area contributed by atoms with Crippen molar-refractivity contribution >= 4 is 5.69 Å². The highest BCUT2D eigenvalue weighted by Gasteiger charge is 2.12. The predicted molar refractivity (Wildman–Crippen MR) is 102 cm³/mol. The molecule has 0 unspecified atom stereocenters. The second-order valence-corrected chi connectivity index (χ2v) is 7.12. The summed E-state index contributed by atoms with van der Waals surface area (Å²) in [6.45, 7) is 4.14. The number of aromatic nitrogens is 2. The first-order valence-electron chi connectivity index (χ1n) is 9.63. The van der Waals surface area contributed by atoms with Crippen LogP contribution >= 0.6 is 0 Å². The van der Waals surface area contributed by atoms with Crippen LogP contribution in [-0.4, -0.2) is 29.3 Å². The molecule has 0 radical (unpaired) electrons. The molecule has 0 spiro atoms. The molecule has 0 bridgehead atoms. The van der Waals surface area contributed by atoms with Gasteiger partial charge in [0.2, 0.25) is 11.8 Å². The Morgan fingerprint density at radius 2 is 1.56 bits per heavy atom. The monoisotopic (exact) mass is 342 g/mol. The van der Waals surface area contributed by atoms with Crippen molar-refractivity contribution in [2.24, 2.45) is 5.73 Å². The normalized spacial score (nSPS) is 18.6. The molecular weight excluding hydrogens is 312 g/mol. The Labute approximate surface area is 150 Å². The van der Waals surface area contributed by atoms with Crippen molar-refractivity contribution in [3.8, 4) is 11.5 Å². The summed E-state index contributed by atoms with van der Waals surface area (Å²) < 4.78 is 5.42. The Morgan fingerprint density at radius 3 is 2.08 bits per heavy atom. The molecule has 1 saturated heterocycles. The van der Waals surface area contributed by atoms with Gasteiger partial charge in [-0.2, -0.15) is 0 Å². The van der Waals surface area contributed by atoms with Crippen LogP contribution < -0.4 is 10.6 Å². The SMILES string of the molecule is Cc1nnc(-c2ccc(N3CCCCC3)cc2)o1.NC1CCCCC1.